The topological polar surface area (TPSA) is 66.0 Å². The molecule has 0 atom stereocenters. The molecule has 1 heterocycles. The molecular weight excluding hydrogens is 395 g/mol. The average molecular weight is 424 g/mol. The maximum Gasteiger partial charge on any atom is 0.244 e. The molecule has 2 N–H and O–H groups in total. The van der Waals surface area contributed by atoms with Crippen molar-refractivity contribution < 1.29 is 9.53 Å². The molecule has 0 bridgehead atoms. The number of carbonyl (C=O) groups is 1. The van der Waals surface area contributed by atoms with E-state index in [9.17, 15) is 4.79 Å². The molecule has 0 spiro atoms. The Morgan fingerprint density at radius 1 is 1.27 bits per heavy atom. The van der Waals surface area contributed by atoms with Gasteiger partial charge in [0.1, 0.15) is 6.54 Å². The third-order valence-electron chi connectivity index (χ3n) is 3.76. The number of rotatable bonds is 8. The van der Waals surface area contributed by atoms with Gasteiger partial charge in [-0.15, -0.1) is 24.0 Å². The van der Waals surface area contributed by atoms with Crippen molar-refractivity contribution in [2.75, 3.05) is 45.9 Å². The molecule has 1 aliphatic heterocycles. The molecule has 2 rings (SSSR count). The fourth-order valence-corrected chi connectivity index (χ4v) is 2.33. The maximum atomic E-state index is 12.0. The smallest absolute Gasteiger partial charge is 0.244 e. The fraction of sp³-hybridized carbons (Fsp3) is 0.867. The molecule has 0 unspecified atom stereocenters. The highest BCUT2D eigenvalue weighted by Crippen LogP contribution is 2.28. The number of nitrogens with one attached hydrogen (secondary N) is 2. The first kappa shape index (κ1) is 19.5. The summed E-state index contributed by atoms with van der Waals surface area (Å²) in [6, 6.07) is 0. The molecular formula is C15H29IN4O2. The number of hydrogen-bond acceptors (Lipinski definition) is 3. The van der Waals surface area contributed by atoms with Gasteiger partial charge in [0.2, 0.25) is 5.91 Å². The molecule has 0 aromatic heterocycles. The lowest BCUT2D eigenvalue weighted by molar-refractivity contribution is -0.128. The Morgan fingerprint density at radius 2 is 2.00 bits per heavy atom. The third kappa shape index (κ3) is 7.62. The van der Waals surface area contributed by atoms with E-state index in [2.05, 4.69) is 15.6 Å². The normalized spacial score (nSPS) is 18.0. The monoisotopic (exact) mass is 424 g/mol. The van der Waals surface area contributed by atoms with E-state index < -0.39 is 0 Å². The minimum atomic E-state index is 0. The molecule has 2 aliphatic rings. The van der Waals surface area contributed by atoms with E-state index in [4.69, 9.17) is 4.74 Å². The van der Waals surface area contributed by atoms with Crippen LogP contribution in [0.2, 0.25) is 0 Å². The van der Waals surface area contributed by atoms with Crippen molar-refractivity contribution >= 4 is 35.8 Å². The summed E-state index contributed by atoms with van der Waals surface area (Å²) >= 11 is 0. The minimum absolute atomic E-state index is 0. The van der Waals surface area contributed by atoms with Crippen molar-refractivity contribution in [2.45, 2.75) is 32.6 Å². The molecule has 1 saturated heterocycles. The van der Waals surface area contributed by atoms with Gasteiger partial charge in [-0.3, -0.25) is 4.79 Å². The number of nitrogens with zero attached hydrogens (tertiary/aromatic N) is 2. The van der Waals surface area contributed by atoms with Gasteiger partial charge in [-0.05, 0) is 38.5 Å². The van der Waals surface area contributed by atoms with Gasteiger partial charge in [0.25, 0.3) is 0 Å². The van der Waals surface area contributed by atoms with E-state index in [1.807, 2.05) is 11.8 Å². The Bertz CT molecular complexity index is 355. The number of aliphatic imine (C=N–C) groups is 1. The van der Waals surface area contributed by atoms with E-state index >= 15 is 0 Å². The van der Waals surface area contributed by atoms with Gasteiger partial charge in [0.15, 0.2) is 5.96 Å². The summed E-state index contributed by atoms with van der Waals surface area (Å²) in [4.78, 5) is 18.2. The Labute approximate surface area is 150 Å². The van der Waals surface area contributed by atoms with Crippen molar-refractivity contribution in [3.05, 3.63) is 0 Å². The number of amides is 1. The van der Waals surface area contributed by atoms with Gasteiger partial charge >= 0.3 is 0 Å². The molecule has 6 nitrogen and oxygen atoms in total. The molecule has 0 aromatic carbocycles. The first-order chi connectivity index (χ1) is 10.3. The van der Waals surface area contributed by atoms with Crippen LogP contribution in [0.5, 0.6) is 0 Å². The first-order valence-corrected chi connectivity index (χ1v) is 8.17. The van der Waals surface area contributed by atoms with Crippen LogP contribution in [0.15, 0.2) is 4.99 Å². The van der Waals surface area contributed by atoms with E-state index in [1.54, 1.807) is 0 Å². The van der Waals surface area contributed by atoms with Crippen LogP contribution in [-0.2, 0) is 9.53 Å². The number of halogens is 1. The van der Waals surface area contributed by atoms with Crippen molar-refractivity contribution in [3.8, 4) is 0 Å². The predicted molar refractivity (Wildman–Crippen MR) is 98.8 cm³/mol. The van der Waals surface area contributed by atoms with Crippen molar-refractivity contribution in [1.29, 1.82) is 0 Å². The summed E-state index contributed by atoms with van der Waals surface area (Å²) < 4.78 is 5.57. The summed E-state index contributed by atoms with van der Waals surface area (Å²) in [7, 11) is 0. The summed E-state index contributed by atoms with van der Waals surface area (Å²) in [5.41, 5.74) is 0. The molecule has 0 aromatic rings. The quantitative estimate of drug-likeness (QED) is 0.266. The highest BCUT2D eigenvalue weighted by Gasteiger charge is 2.21. The molecule has 1 aliphatic carbocycles. The van der Waals surface area contributed by atoms with Crippen LogP contribution in [0, 0.1) is 5.92 Å². The maximum absolute atomic E-state index is 12.0. The second kappa shape index (κ2) is 11.0. The summed E-state index contributed by atoms with van der Waals surface area (Å²) in [6.07, 6.45) is 4.87. The van der Waals surface area contributed by atoms with Crippen LogP contribution in [0.25, 0.3) is 0 Å². The summed E-state index contributed by atoms with van der Waals surface area (Å²) in [5, 5.41) is 6.36. The number of hydrogen-bond donors (Lipinski definition) is 2. The van der Waals surface area contributed by atoms with E-state index in [0.717, 1.165) is 51.5 Å². The molecule has 128 valence electrons. The lowest BCUT2D eigenvalue weighted by Gasteiger charge is -2.15. The molecule has 1 amide bonds. The third-order valence-corrected chi connectivity index (χ3v) is 3.76. The lowest BCUT2D eigenvalue weighted by Crippen LogP contribution is -2.40. The van der Waals surface area contributed by atoms with Crippen LogP contribution in [0.1, 0.15) is 32.6 Å². The van der Waals surface area contributed by atoms with Gasteiger partial charge < -0.3 is 20.3 Å². The van der Waals surface area contributed by atoms with Gasteiger partial charge in [-0.1, -0.05) is 0 Å². The van der Waals surface area contributed by atoms with E-state index in [1.165, 1.54) is 12.8 Å². The van der Waals surface area contributed by atoms with Crippen LogP contribution < -0.4 is 10.6 Å². The molecule has 7 heteroatoms. The van der Waals surface area contributed by atoms with Crippen LogP contribution in [0.4, 0.5) is 0 Å². The Hall–Kier alpha value is -0.570. The number of ether oxygens (including phenoxy) is 1. The first-order valence-electron chi connectivity index (χ1n) is 8.17. The van der Waals surface area contributed by atoms with E-state index in [0.29, 0.717) is 12.6 Å². The SMILES string of the molecule is CCNC(=NCC(=O)N1CCCC1)NCCOCC1CC1.I. The fourth-order valence-electron chi connectivity index (χ4n) is 2.33. The van der Waals surface area contributed by atoms with Crippen molar-refractivity contribution in [2.24, 2.45) is 10.9 Å². The summed E-state index contributed by atoms with van der Waals surface area (Å²) in [5.74, 6) is 1.61. The van der Waals surface area contributed by atoms with Gasteiger partial charge in [-0.25, -0.2) is 4.99 Å². The van der Waals surface area contributed by atoms with Crippen LogP contribution in [-0.4, -0.2) is 62.7 Å². The largest absolute Gasteiger partial charge is 0.379 e. The zero-order valence-electron chi connectivity index (χ0n) is 13.5. The minimum Gasteiger partial charge on any atom is -0.379 e. The lowest BCUT2D eigenvalue weighted by atomic mass is 10.4. The van der Waals surface area contributed by atoms with Gasteiger partial charge in [-0.2, -0.15) is 0 Å². The standard InChI is InChI=1S/C15H28N4O2.HI/c1-2-16-15(17-7-10-21-12-13-5-6-13)18-11-14(20)19-8-3-4-9-19;/h13H,2-12H2,1H3,(H2,16,17,18);1H. The second-order valence-corrected chi connectivity index (χ2v) is 5.73. The van der Waals surface area contributed by atoms with Crippen LogP contribution in [0.3, 0.4) is 0 Å². The zero-order valence-corrected chi connectivity index (χ0v) is 15.8. The molecule has 2 fully saturated rings. The Morgan fingerprint density at radius 3 is 2.64 bits per heavy atom. The Kier molecular flexibility index (Phi) is 9.77. The Balaban J connectivity index is 0.00000242. The predicted octanol–water partition coefficient (Wildman–Crippen LogP) is 1.21. The van der Waals surface area contributed by atoms with Crippen molar-refractivity contribution in [3.63, 3.8) is 0 Å². The van der Waals surface area contributed by atoms with Crippen LogP contribution >= 0.6 is 24.0 Å². The molecule has 0 radical (unpaired) electrons. The molecule has 1 saturated carbocycles. The van der Waals surface area contributed by atoms with Crippen molar-refractivity contribution in [1.82, 2.24) is 15.5 Å². The number of carbonyl (C=O) groups excluding carboxylic acids is 1. The highest BCUT2D eigenvalue weighted by atomic mass is 127. The highest BCUT2D eigenvalue weighted by molar-refractivity contribution is 14.0. The molecule has 22 heavy (non-hydrogen) atoms. The number of guanidine groups is 1. The number of likely N-dealkylation sites (tertiary alicyclic amines) is 1. The van der Waals surface area contributed by atoms with Gasteiger partial charge in [0.05, 0.1) is 6.61 Å². The second-order valence-electron chi connectivity index (χ2n) is 5.73. The average Bonchev–Trinajstić information content (AvgIpc) is 3.14. The zero-order chi connectivity index (χ0) is 14.9. The van der Waals surface area contributed by atoms with Gasteiger partial charge in [0, 0.05) is 32.8 Å². The van der Waals surface area contributed by atoms with E-state index in [-0.39, 0.29) is 36.4 Å². The summed E-state index contributed by atoms with van der Waals surface area (Å²) in [6.45, 7) is 7.06.